The summed E-state index contributed by atoms with van der Waals surface area (Å²) in [7, 11) is 0. The molecular weight excluding hydrogens is 528 g/mol. The van der Waals surface area contributed by atoms with Gasteiger partial charge in [-0.15, -0.1) is 0 Å². The number of rotatable bonds is 7. The van der Waals surface area contributed by atoms with Gasteiger partial charge in [0.25, 0.3) is 11.8 Å². The lowest BCUT2D eigenvalue weighted by Gasteiger charge is -2.26. The summed E-state index contributed by atoms with van der Waals surface area (Å²) < 4.78 is 27.7. The normalized spacial score (nSPS) is 18.3. The minimum absolute atomic E-state index is 0.0174. The Kier molecular flexibility index (Phi) is 8.47. The average molecular weight is 562 g/mol. The maximum absolute atomic E-state index is 13.8. The molecule has 2 atom stereocenters. The molecule has 0 spiro atoms. The van der Waals surface area contributed by atoms with E-state index < -0.39 is 17.5 Å². The van der Waals surface area contributed by atoms with Crippen molar-refractivity contribution in [3.05, 3.63) is 95.1 Å². The number of urea groups is 1. The predicted molar refractivity (Wildman–Crippen MR) is 153 cm³/mol. The van der Waals surface area contributed by atoms with Gasteiger partial charge in [0.15, 0.2) is 0 Å². The van der Waals surface area contributed by atoms with E-state index in [1.807, 2.05) is 42.2 Å². The van der Waals surface area contributed by atoms with Crippen molar-refractivity contribution in [2.45, 2.75) is 31.7 Å². The summed E-state index contributed by atoms with van der Waals surface area (Å²) in [6.07, 6.45) is 1.54. The van der Waals surface area contributed by atoms with Crippen molar-refractivity contribution in [1.29, 1.82) is 0 Å². The second-order valence-corrected chi connectivity index (χ2v) is 10.3. The molecule has 2 fully saturated rings. The fraction of sp³-hybridized carbons (Fsp3) is 0.323. The van der Waals surface area contributed by atoms with E-state index >= 15 is 0 Å². The molecule has 1 heterocycles. The number of halogens is 2. The minimum atomic E-state index is -0.862. The van der Waals surface area contributed by atoms with Crippen molar-refractivity contribution in [2.75, 3.05) is 42.9 Å². The molecule has 1 aliphatic heterocycles. The Hall–Kier alpha value is -4.47. The van der Waals surface area contributed by atoms with E-state index in [-0.39, 0.29) is 29.5 Å². The molecule has 0 aromatic heterocycles. The van der Waals surface area contributed by atoms with E-state index in [2.05, 4.69) is 16.0 Å². The van der Waals surface area contributed by atoms with Crippen molar-refractivity contribution < 1.29 is 23.2 Å². The number of nitrogens with one attached hydrogen (secondary N) is 3. The number of carbonyl (C=O) groups excluding carboxylic acids is 3. The Morgan fingerprint density at radius 1 is 0.854 bits per heavy atom. The van der Waals surface area contributed by atoms with Gasteiger partial charge in [-0.25, -0.2) is 13.6 Å². The lowest BCUT2D eigenvalue weighted by Crippen LogP contribution is -2.42. The van der Waals surface area contributed by atoms with E-state index in [0.717, 1.165) is 18.6 Å². The number of carbonyl (C=O) groups is 3. The first-order valence-electron chi connectivity index (χ1n) is 13.9. The fourth-order valence-electron chi connectivity index (χ4n) is 5.23. The quantitative estimate of drug-likeness (QED) is 0.388. The zero-order valence-electron chi connectivity index (χ0n) is 22.8. The van der Waals surface area contributed by atoms with Crippen molar-refractivity contribution >= 4 is 29.2 Å². The van der Waals surface area contributed by atoms with Crippen LogP contribution in [0.15, 0.2) is 66.7 Å². The Balaban J connectivity index is 1.37. The van der Waals surface area contributed by atoms with Gasteiger partial charge in [0.1, 0.15) is 11.6 Å². The summed E-state index contributed by atoms with van der Waals surface area (Å²) in [6, 6.07) is 17.6. The zero-order chi connectivity index (χ0) is 28.9. The molecule has 214 valence electrons. The van der Waals surface area contributed by atoms with Crippen molar-refractivity contribution in [3.8, 4) is 0 Å². The van der Waals surface area contributed by atoms with Gasteiger partial charge >= 0.3 is 6.03 Å². The van der Waals surface area contributed by atoms with Crippen LogP contribution in [0.4, 0.5) is 25.0 Å². The van der Waals surface area contributed by atoms with Crippen LogP contribution in [0.1, 0.15) is 52.0 Å². The SMILES string of the molecule is CCNC(=O)N1CCCN(c2ccc(C(=O)N[C@H]3C[C@@H]3c3ccccc3)cc2NC(=O)c2cc(F)cc(F)c2)CC1. The van der Waals surface area contributed by atoms with Gasteiger partial charge in [0.05, 0.1) is 11.4 Å². The van der Waals surface area contributed by atoms with Gasteiger partial charge in [-0.3, -0.25) is 9.59 Å². The van der Waals surface area contributed by atoms with Crippen LogP contribution >= 0.6 is 0 Å². The highest BCUT2D eigenvalue weighted by molar-refractivity contribution is 6.07. The molecule has 0 bridgehead atoms. The number of hydrogen-bond donors (Lipinski definition) is 3. The number of benzene rings is 3. The Labute approximate surface area is 237 Å². The van der Waals surface area contributed by atoms with Crippen LogP contribution < -0.4 is 20.9 Å². The highest BCUT2D eigenvalue weighted by Crippen LogP contribution is 2.41. The Morgan fingerprint density at radius 3 is 2.34 bits per heavy atom. The lowest BCUT2D eigenvalue weighted by molar-refractivity contribution is 0.0949. The molecule has 1 saturated heterocycles. The van der Waals surface area contributed by atoms with E-state index in [1.165, 1.54) is 5.56 Å². The molecule has 10 heteroatoms. The van der Waals surface area contributed by atoms with Crippen molar-refractivity contribution in [2.24, 2.45) is 0 Å². The van der Waals surface area contributed by atoms with Crippen LogP contribution in [0.25, 0.3) is 0 Å². The third-order valence-electron chi connectivity index (χ3n) is 7.42. The van der Waals surface area contributed by atoms with Crippen LogP contribution in [0.3, 0.4) is 0 Å². The molecule has 0 radical (unpaired) electrons. The van der Waals surface area contributed by atoms with Gasteiger partial charge in [0.2, 0.25) is 0 Å². The first kappa shape index (κ1) is 28.1. The molecule has 8 nitrogen and oxygen atoms in total. The van der Waals surface area contributed by atoms with Crippen LogP contribution in [0.5, 0.6) is 0 Å². The molecule has 5 rings (SSSR count). The van der Waals surface area contributed by atoms with Gasteiger partial charge in [-0.1, -0.05) is 30.3 Å². The lowest BCUT2D eigenvalue weighted by atomic mass is 10.1. The third kappa shape index (κ3) is 6.82. The summed E-state index contributed by atoms with van der Waals surface area (Å²) in [5.74, 6) is -2.44. The molecule has 3 aromatic rings. The predicted octanol–water partition coefficient (Wildman–Crippen LogP) is 4.74. The second kappa shape index (κ2) is 12.4. The average Bonchev–Trinajstić information content (AvgIpc) is 3.76. The molecule has 3 N–H and O–H groups in total. The van der Waals surface area contributed by atoms with Gasteiger partial charge in [-0.05, 0) is 55.7 Å². The largest absolute Gasteiger partial charge is 0.368 e. The van der Waals surface area contributed by atoms with Crippen LogP contribution in [-0.4, -0.2) is 61.5 Å². The third-order valence-corrected chi connectivity index (χ3v) is 7.42. The molecule has 4 amide bonds. The standard InChI is InChI=1S/C31H33F2N5O3/c1-2-34-31(41)38-12-6-11-37(13-14-38)28-10-9-21(29(39)35-26-19-25(26)20-7-4-3-5-8-20)17-27(28)36-30(40)22-15-23(32)18-24(33)16-22/h3-5,7-10,15-18,25-26H,2,6,11-14,19H2,1H3,(H,34,41)(H,35,39)(H,36,40)/t25-,26+/m1/s1. The second-order valence-electron chi connectivity index (χ2n) is 10.3. The summed E-state index contributed by atoms with van der Waals surface area (Å²) in [4.78, 5) is 42.4. The van der Waals surface area contributed by atoms with Gasteiger partial charge in [-0.2, -0.15) is 0 Å². The number of nitrogens with zero attached hydrogens (tertiary/aromatic N) is 2. The summed E-state index contributed by atoms with van der Waals surface area (Å²) in [6.45, 7) is 4.56. The maximum atomic E-state index is 13.8. The summed E-state index contributed by atoms with van der Waals surface area (Å²) in [5, 5.41) is 8.66. The Morgan fingerprint density at radius 2 is 1.61 bits per heavy atom. The van der Waals surface area contributed by atoms with E-state index in [4.69, 9.17) is 0 Å². The first-order valence-corrected chi connectivity index (χ1v) is 13.9. The van der Waals surface area contributed by atoms with Crippen molar-refractivity contribution in [1.82, 2.24) is 15.5 Å². The summed E-state index contributed by atoms with van der Waals surface area (Å²) >= 11 is 0. The topological polar surface area (TPSA) is 93.8 Å². The van der Waals surface area contributed by atoms with E-state index in [9.17, 15) is 23.2 Å². The summed E-state index contributed by atoms with van der Waals surface area (Å²) in [5.41, 5.74) is 2.34. The molecular formula is C31H33F2N5O3. The van der Waals surface area contributed by atoms with Crippen LogP contribution in [0, 0.1) is 11.6 Å². The maximum Gasteiger partial charge on any atom is 0.317 e. The monoisotopic (exact) mass is 561 g/mol. The molecule has 1 aliphatic carbocycles. The molecule has 0 unspecified atom stereocenters. The Bertz CT molecular complexity index is 1410. The zero-order valence-corrected chi connectivity index (χ0v) is 22.8. The van der Waals surface area contributed by atoms with Crippen LogP contribution in [-0.2, 0) is 0 Å². The first-order chi connectivity index (χ1) is 19.8. The van der Waals surface area contributed by atoms with Gasteiger partial charge in [0, 0.05) is 61.9 Å². The van der Waals surface area contributed by atoms with E-state index in [1.54, 1.807) is 23.1 Å². The smallest absolute Gasteiger partial charge is 0.317 e. The number of amides is 4. The number of anilines is 2. The number of hydrogen-bond acceptors (Lipinski definition) is 4. The molecule has 2 aliphatic rings. The highest BCUT2D eigenvalue weighted by atomic mass is 19.1. The molecule has 1 saturated carbocycles. The molecule has 3 aromatic carbocycles. The fourth-order valence-corrected chi connectivity index (χ4v) is 5.23. The van der Waals surface area contributed by atoms with Crippen LogP contribution in [0.2, 0.25) is 0 Å². The minimum Gasteiger partial charge on any atom is -0.368 e. The molecule has 41 heavy (non-hydrogen) atoms. The highest BCUT2D eigenvalue weighted by Gasteiger charge is 2.39. The van der Waals surface area contributed by atoms with E-state index in [0.29, 0.717) is 62.1 Å². The van der Waals surface area contributed by atoms with Crippen molar-refractivity contribution in [3.63, 3.8) is 0 Å². The van der Waals surface area contributed by atoms with Gasteiger partial charge < -0.3 is 25.8 Å².